The first kappa shape index (κ1) is 17.1. The molecule has 3 rings (SSSR count). The summed E-state index contributed by atoms with van der Waals surface area (Å²) in [5.41, 5.74) is 6.50. The Labute approximate surface area is 143 Å². The first-order valence-electron chi connectivity index (χ1n) is 8.19. The number of sulfone groups is 1. The Bertz CT molecular complexity index is 777. The van der Waals surface area contributed by atoms with Crippen LogP contribution in [0.15, 0.2) is 65.6 Å². The maximum Gasteiger partial charge on any atom is 0.182 e. The van der Waals surface area contributed by atoms with Gasteiger partial charge in [0, 0.05) is 24.5 Å². The van der Waals surface area contributed by atoms with Crippen LogP contribution in [0.3, 0.4) is 0 Å². The van der Waals surface area contributed by atoms with Crippen molar-refractivity contribution in [3.8, 4) is 0 Å². The third-order valence-corrected chi connectivity index (χ3v) is 7.24. The molecule has 0 unspecified atom stereocenters. The van der Waals surface area contributed by atoms with Crippen LogP contribution in [-0.2, 0) is 14.6 Å². The number of benzene rings is 2. The van der Waals surface area contributed by atoms with E-state index in [1.807, 2.05) is 43.3 Å². The molecule has 1 fully saturated rings. The summed E-state index contributed by atoms with van der Waals surface area (Å²) in [5.74, 6) is -0.138. The molecule has 0 aliphatic heterocycles. The summed E-state index contributed by atoms with van der Waals surface area (Å²) in [6, 6.07) is 18.4. The van der Waals surface area contributed by atoms with E-state index < -0.39 is 20.5 Å². The summed E-state index contributed by atoms with van der Waals surface area (Å²) in [6.45, 7) is 3.09. The summed E-state index contributed by atoms with van der Waals surface area (Å²) >= 11 is 0. The Hall–Kier alpha value is -1.69. The van der Waals surface area contributed by atoms with Gasteiger partial charge in [-0.1, -0.05) is 48.5 Å². The molecule has 0 saturated heterocycles. The van der Waals surface area contributed by atoms with Crippen molar-refractivity contribution in [3.63, 3.8) is 0 Å². The van der Waals surface area contributed by atoms with Crippen molar-refractivity contribution in [2.75, 3.05) is 19.8 Å². The van der Waals surface area contributed by atoms with Crippen molar-refractivity contribution in [2.24, 2.45) is 11.1 Å². The van der Waals surface area contributed by atoms with Crippen LogP contribution in [0.2, 0.25) is 0 Å². The fraction of sp³-hybridized carbons (Fsp3) is 0.368. The van der Waals surface area contributed by atoms with E-state index in [0.29, 0.717) is 18.1 Å². The van der Waals surface area contributed by atoms with Gasteiger partial charge < -0.3 is 10.5 Å². The highest BCUT2D eigenvalue weighted by Gasteiger charge is 2.70. The molecule has 2 N–H and O–H groups in total. The predicted octanol–water partition coefficient (Wildman–Crippen LogP) is 2.61. The molecular formula is C19H23NO3S. The summed E-state index contributed by atoms with van der Waals surface area (Å²) in [7, 11) is -3.47. The molecule has 1 aliphatic rings. The minimum Gasteiger partial charge on any atom is -0.381 e. The standard InChI is InChI=1S/C19H23NO3S/c1-2-23-14-19(13-20)17(15-9-5-3-6-10-15)18(19)24(21,22)16-11-7-4-8-12-16/h3-12,17-18H,2,13-14,20H2,1H3/t17-,18-,19+/m0/s1. The van der Waals surface area contributed by atoms with Gasteiger partial charge in [0.1, 0.15) is 0 Å². The fourth-order valence-electron chi connectivity index (χ4n) is 3.63. The number of hydrogen-bond donors (Lipinski definition) is 1. The van der Waals surface area contributed by atoms with Crippen LogP contribution < -0.4 is 5.73 Å². The van der Waals surface area contributed by atoms with Gasteiger partial charge in [0.2, 0.25) is 0 Å². The molecule has 4 nitrogen and oxygen atoms in total. The molecule has 3 atom stereocenters. The lowest BCUT2D eigenvalue weighted by molar-refractivity contribution is 0.101. The smallest absolute Gasteiger partial charge is 0.182 e. The second-order valence-electron chi connectivity index (χ2n) is 6.24. The third-order valence-electron chi connectivity index (χ3n) is 4.90. The molecule has 0 heterocycles. The largest absolute Gasteiger partial charge is 0.381 e. The highest BCUT2D eigenvalue weighted by molar-refractivity contribution is 7.92. The molecule has 24 heavy (non-hydrogen) atoms. The van der Waals surface area contributed by atoms with Crippen LogP contribution >= 0.6 is 0 Å². The van der Waals surface area contributed by atoms with Crippen molar-refractivity contribution in [1.29, 1.82) is 0 Å². The van der Waals surface area contributed by atoms with E-state index in [1.54, 1.807) is 24.3 Å². The quantitative estimate of drug-likeness (QED) is 0.837. The van der Waals surface area contributed by atoms with Crippen molar-refractivity contribution < 1.29 is 13.2 Å². The second kappa shape index (κ2) is 6.67. The van der Waals surface area contributed by atoms with Crippen molar-refractivity contribution in [1.82, 2.24) is 0 Å². The normalized spacial score (nSPS) is 26.2. The minimum absolute atomic E-state index is 0.138. The number of nitrogens with two attached hydrogens (primary N) is 1. The fourth-order valence-corrected chi connectivity index (χ4v) is 6.10. The minimum atomic E-state index is -3.47. The van der Waals surface area contributed by atoms with Crippen LogP contribution in [-0.4, -0.2) is 33.4 Å². The maximum absolute atomic E-state index is 13.2. The number of hydrogen-bond acceptors (Lipinski definition) is 4. The molecule has 0 bridgehead atoms. The lowest BCUT2D eigenvalue weighted by atomic mass is 10.0. The highest BCUT2D eigenvalue weighted by Crippen LogP contribution is 2.63. The van der Waals surface area contributed by atoms with E-state index in [9.17, 15) is 8.42 Å². The van der Waals surface area contributed by atoms with Gasteiger partial charge in [-0.15, -0.1) is 0 Å². The molecule has 0 radical (unpaired) electrons. The van der Waals surface area contributed by atoms with Gasteiger partial charge in [0.05, 0.1) is 16.8 Å². The summed E-state index contributed by atoms with van der Waals surface area (Å²) in [5, 5.41) is -0.550. The monoisotopic (exact) mass is 345 g/mol. The molecule has 1 saturated carbocycles. The Balaban J connectivity index is 2.03. The van der Waals surface area contributed by atoms with Crippen LogP contribution in [0.1, 0.15) is 18.4 Å². The zero-order chi connectivity index (χ0) is 17.2. The van der Waals surface area contributed by atoms with Crippen molar-refractivity contribution >= 4 is 9.84 Å². The predicted molar refractivity (Wildman–Crippen MR) is 94.6 cm³/mol. The third kappa shape index (κ3) is 2.77. The molecule has 2 aromatic rings. The van der Waals surface area contributed by atoms with E-state index in [-0.39, 0.29) is 12.5 Å². The molecule has 1 aliphatic carbocycles. The number of rotatable bonds is 7. The molecule has 128 valence electrons. The molecule has 2 aromatic carbocycles. The summed E-state index contributed by atoms with van der Waals surface area (Å²) in [4.78, 5) is 0.350. The SMILES string of the molecule is CCOC[C@]1(CN)[C@@H](c2ccccc2)[C@@H]1S(=O)(=O)c1ccccc1. The Morgan fingerprint density at radius 2 is 1.62 bits per heavy atom. The van der Waals surface area contributed by atoms with Gasteiger partial charge in [-0.2, -0.15) is 0 Å². The van der Waals surface area contributed by atoms with Gasteiger partial charge in [-0.3, -0.25) is 0 Å². The Morgan fingerprint density at radius 1 is 1.04 bits per heavy atom. The van der Waals surface area contributed by atoms with Crippen molar-refractivity contribution in [2.45, 2.75) is 23.0 Å². The molecule has 0 aromatic heterocycles. The second-order valence-corrected chi connectivity index (χ2v) is 8.31. The van der Waals surface area contributed by atoms with Crippen LogP contribution in [0.4, 0.5) is 0 Å². The van der Waals surface area contributed by atoms with E-state index in [0.717, 1.165) is 5.56 Å². The van der Waals surface area contributed by atoms with Gasteiger partial charge in [-0.25, -0.2) is 8.42 Å². The highest BCUT2D eigenvalue weighted by atomic mass is 32.2. The van der Waals surface area contributed by atoms with Crippen molar-refractivity contribution in [3.05, 3.63) is 66.2 Å². The average molecular weight is 345 g/mol. The number of ether oxygens (including phenoxy) is 1. The zero-order valence-corrected chi connectivity index (χ0v) is 14.6. The summed E-state index contributed by atoms with van der Waals surface area (Å²) < 4.78 is 32.0. The topological polar surface area (TPSA) is 69.4 Å². The van der Waals surface area contributed by atoms with Crippen LogP contribution in [0.5, 0.6) is 0 Å². The van der Waals surface area contributed by atoms with Crippen LogP contribution in [0, 0.1) is 5.41 Å². The van der Waals surface area contributed by atoms with E-state index in [2.05, 4.69) is 0 Å². The zero-order valence-electron chi connectivity index (χ0n) is 13.8. The average Bonchev–Trinajstić information content (AvgIpc) is 3.32. The summed E-state index contributed by atoms with van der Waals surface area (Å²) in [6.07, 6.45) is 0. The maximum atomic E-state index is 13.2. The molecular weight excluding hydrogens is 322 g/mol. The first-order valence-corrected chi connectivity index (χ1v) is 9.74. The van der Waals surface area contributed by atoms with E-state index in [4.69, 9.17) is 10.5 Å². The van der Waals surface area contributed by atoms with Gasteiger partial charge in [0.25, 0.3) is 0 Å². The van der Waals surface area contributed by atoms with E-state index in [1.165, 1.54) is 0 Å². The van der Waals surface area contributed by atoms with Gasteiger partial charge in [-0.05, 0) is 24.6 Å². The molecule has 0 spiro atoms. The lowest BCUT2D eigenvalue weighted by Crippen LogP contribution is -2.29. The molecule has 0 amide bonds. The van der Waals surface area contributed by atoms with E-state index >= 15 is 0 Å². The Morgan fingerprint density at radius 3 is 2.17 bits per heavy atom. The molecule has 5 heteroatoms. The van der Waals surface area contributed by atoms with Crippen LogP contribution in [0.25, 0.3) is 0 Å². The first-order chi connectivity index (χ1) is 11.6. The lowest BCUT2D eigenvalue weighted by Gasteiger charge is -2.16. The van der Waals surface area contributed by atoms with Gasteiger partial charge in [0.15, 0.2) is 9.84 Å². The Kier molecular flexibility index (Phi) is 4.76. The van der Waals surface area contributed by atoms with Gasteiger partial charge >= 0.3 is 0 Å².